The van der Waals surface area contributed by atoms with E-state index >= 15 is 0 Å². The first-order valence-electron chi connectivity index (χ1n) is 9.37. The Labute approximate surface area is 195 Å². The number of hydrogen-bond donors (Lipinski definition) is 10. The molecule has 0 aliphatic carbocycles. The second-order valence-electron chi connectivity index (χ2n) is 6.61. The molecule has 182 valence electrons. The summed E-state index contributed by atoms with van der Waals surface area (Å²) in [4.78, 5) is 63.2. The quantitative estimate of drug-likeness (QED) is 0.0455. The van der Waals surface area contributed by atoms with E-state index < -0.39 is 60.2 Å². The zero-order valence-electron chi connectivity index (χ0n) is 17.2. The summed E-state index contributed by atoms with van der Waals surface area (Å²) in [7, 11) is 0. The van der Waals surface area contributed by atoms with Gasteiger partial charge in [0.15, 0.2) is 5.96 Å². The molecule has 4 amide bonds. The van der Waals surface area contributed by atoms with E-state index in [0.29, 0.717) is 6.42 Å². The summed E-state index contributed by atoms with van der Waals surface area (Å²) in [5.74, 6) is -5.20. The van der Waals surface area contributed by atoms with Gasteiger partial charge in [0.25, 0.3) is 0 Å². The molecule has 0 aliphatic rings. The first kappa shape index (κ1) is 29.3. The van der Waals surface area contributed by atoms with Gasteiger partial charge >= 0.3 is 5.97 Å². The minimum Gasteiger partial charge on any atom is -0.480 e. The molecule has 0 saturated heterocycles. The minimum atomic E-state index is -1.48. The first-order chi connectivity index (χ1) is 14.9. The molecule has 0 aromatic rings. The van der Waals surface area contributed by atoms with E-state index in [1.807, 2.05) is 0 Å². The van der Waals surface area contributed by atoms with Gasteiger partial charge in [0.2, 0.25) is 23.6 Å². The molecule has 4 atom stereocenters. The number of aliphatic imine (C=N–C) groups is 1. The van der Waals surface area contributed by atoms with Gasteiger partial charge in [-0.1, -0.05) is 0 Å². The topological polar surface area (TPSA) is 258 Å². The van der Waals surface area contributed by atoms with Crippen LogP contribution in [0, 0.1) is 0 Å². The van der Waals surface area contributed by atoms with E-state index in [2.05, 4.69) is 46.2 Å². The van der Waals surface area contributed by atoms with E-state index in [4.69, 9.17) is 28.0 Å². The summed E-state index contributed by atoms with van der Waals surface area (Å²) >= 11 is 7.83. The number of nitrogens with two attached hydrogens (primary N) is 4. The molecule has 0 bridgehead atoms. The van der Waals surface area contributed by atoms with Gasteiger partial charge in [0, 0.05) is 18.1 Å². The van der Waals surface area contributed by atoms with E-state index in [-0.39, 0.29) is 30.4 Å². The summed E-state index contributed by atoms with van der Waals surface area (Å²) in [6.07, 6.45) is 0.0472. The number of carbonyl (C=O) groups is 5. The second kappa shape index (κ2) is 15.1. The molecule has 12 N–H and O–H groups in total. The van der Waals surface area contributed by atoms with Crippen molar-refractivity contribution in [3.8, 4) is 0 Å². The molecule has 0 aromatic carbocycles. The van der Waals surface area contributed by atoms with E-state index in [0.717, 1.165) is 0 Å². The largest absolute Gasteiger partial charge is 0.480 e. The van der Waals surface area contributed by atoms with E-state index in [1.54, 1.807) is 0 Å². The predicted octanol–water partition coefficient (Wildman–Crippen LogP) is -4.36. The lowest BCUT2D eigenvalue weighted by molar-refractivity contribution is -0.141. The fourth-order valence-electron chi connectivity index (χ4n) is 2.26. The Bertz CT molecular complexity index is 719. The van der Waals surface area contributed by atoms with Crippen LogP contribution in [0.15, 0.2) is 4.99 Å². The fraction of sp³-hybridized carbons (Fsp3) is 0.625. The number of primary amides is 1. The van der Waals surface area contributed by atoms with Crippen LogP contribution in [0.3, 0.4) is 0 Å². The molecule has 0 aromatic heterocycles. The second-order valence-corrected chi connectivity index (χ2v) is 7.34. The number of carbonyl (C=O) groups excluding carboxylic acids is 4. The van der Waals surface area contributed by atoms with Crippen molar-refractivity contribution in [2.45, 2.75) is 43.4 Å². The van der Waals surface area contributed by atoms with Crippen molar-refractivity contribution < 1.29 is 29.1 Å². The first-order valence-corrected chi connectivity index (χ1v) is 10.6. The summed E-state index contributed by atoms with van der Waals surface area (Å²) in [6, 6.07) is -4.99. The third-order valence-electron chi connectivity index (χ3n) is 3.96. The Kier molecular flexibility index (Phi) is 13.9. The van der Waals surface area contributed by atoms with Crippen LogP contribution in [-0.4, -0.2) is 82.9 Å². The molecule has 16 heteroatoms. The number of rotatable bonds is 15. The van der Waals surface area contributed by atoms with Gasteiger partial charge in [-0.15, -0.1) is 0 Å². The normalized spacial score (nSPS) is 14.2. The van der Waals surface area contributed by atoms with Crippen LogP contribution in [-0.2, 0) is 24.0 Å². The van der Waals surface area contributed by atoms with Crippen molar-refractivity contribution in [1.29, 1.82) is 0 Å². The number of amides is 4. The van der Waals surface area contributed by atoms with Crippen LogP contribution < -0.4 is 38.9 Å². The molecule has 0 rings (SSSR count). The zero-order chi connectivity index (χ0) is 24.8. The Morgan fingerprint density at radius 3 is 1.81 bits per heavy atom. The Hall–Kier alpha value is -2.72. The van der Waals surface area contributed by atoms with Gasteiger partial charge < -0.3 is 44.0 Å². The van der Waals surface area contributed by atoms with Gasteiger partial charge in [0.05, 0.1) is 12.5 Å². The zero-order valence-corrected chi connectivity index (χ0v) is 19.0. The van der Waals surface area contributed by atoms with E-state index in [9.17, 15) is 24.0 Å². The number of nitrogens with zero attached hydrogens (tertiary/aromatic N) is 1. The number of carboxylic acids is 1. The van der Waals surface area contributed by atoms with Crippen molar-refractivity contribution in [1.82, 2.24) is 16.0 Å². The van der Waals surface area contributed by atoms with Crippen LogP contribution in [0.25, 0.3) is 0 Å². The Morgan fingerprint density at radius 1 is 0.844 bits per heavy atom. The van der Waals surface area contributed by atoms with Gasteiger partial charge in [-0.25, -0.2) is 4.79 Å². The maximum atomic E-state index is 12.5. The van der Waals surface area contributed by atoms with Crippen LogP contribution in [0.2, 0.25) is 0 Å². The Balaban J connectivity index is 5.05. The van der Waals surface area contributed by atoms with E-state index in [1.165, 1.54) is 0 Å². The highest BCUT2D eigenvalue weighted by Gasteiger charge is 2.30. The third kappa shape index (κ3) is 11.6. The maximum Gasteiger partial charge on any atom is 0.327 e. The molecule has 0 heterocycles. The molecule has 32 heavy (non-hydrogen) atoms. The molecule has 4 unspecified atom stereocenters. The molecular weight excluding hydrogens is 464 g/mol. The van der Waals surface area contributed by atoms with Crippen molar-refractivity contribution in [2.24, 2.45) is 27.9 Å². The highest BCUT2D eigenvalue weighted by molar-refractivity contribution is 7.80. The lowest BCUT2D eigenvalue weighted by Gasteiger charge is -2.23. The molecule has 0 fully saturated rings. The smallest absolute Gasteiger partial charge is 0.327 e. The molecule has 0 spiro atoms. The summed E-state index contributed by atoms with van der Waals surface area (Å²) in [5, 5.41) is 15.8. The minimum absolute atomic E-state index is 0.0894. The molecule has 0 aliphatic heterocycles. The van der Waals surface area contributed by atoms with Crippen LogP contribution in [0.1, 0.15) is 19.3 Å². The summed E-state index contributed by atoms with van der Waals surface area (Å²) in [6.45, 7) is 0.271. The number of aliphatic carboxylic acids is 1. The van der Waals surface area contributed by atoms with Gasteiger partial charge in [0.1, 0.15) is 18.1 Å². The van der Waals surface area contributed by atoms with Gasteiger partial charge in [-0.3, -0.25) is 24.2 Å². The van der Waals surface area contributed by atoms with Gasteiger partial charge in [-0.2, -0.15) is 25.3 Å². The Morgan fingerprint density at radius 2 is 1.34 bits per heavy atom. The molecule has 0 radical (unpaired) electrons. The number of thiol groups is 2. The fourth-order valence-corrected chi connectivity index (χ4v) is 2.77. The lowest BCUT2D eigenvalue weighted by atomic mass is 10.1. The molecular formula is C16H30N8O6S2. The summed E-state index contributed by atoms with van der Waals surface area (Å²) in [5.41, 5.74) is 21.3. The predicted molar refractivity (Wildman–Crippen MR) is 123 cm³/mol. The van der Waals surface area contributed by atoms with Crippen LogP contribution in [0.5, 0.6) is 0 Å². The lowest BCUT2D eigenvalue weighted by Crippen LogP contribution is -2.58. The average molecular weight is 495 g/mol. The summed E-state index contributed by atoms with van der Waals surface area (Å²) < 4.78 is 0. The number of hydrogen-bond acceptors (Lipinski definition) is 9. The number of nitrogens with one attached hydrogen (secondary N) is 3. The molecule has 0 saturated carbocycles. The SMILES string of the molecule is NC(=O)CC(NC(=O)C(CS)NC(=O)C(N)CCCN=C(N)N)C(=O)NC(CS)C(=O)O. The maximum absolute atomic E-state index is 12.5. The highest BCUT2D eigenvalue weighted by Crippen LogP contribution is 2.01. The number of guanidine groups is 1. The van der Waals surface area contributed by atoms with Crippen molar-refractivity contribution in [3.63, 3.8) is 0 Å². The van der Waals surface area contributed by atoms with Crippen LogP contribution in [0.4, 0.5) is 0 Å². The van der Waals surface area contributed by atoms with Crippen LogP contribution >= 0.6 is 25.3 Å². The number of carboxylic acid groups (broad SMARTS) is 1. The average Bonchev–Trinajstić information content (AvgIpc) is 2.71. The van der Waals surface area contributed by atoms with Gasteiger partial charge in [-0.05, 0) is 12.8 Å². The standard InChI is InChI=1S/C16H30N8O6S2/c17-7(2-1-3-21-16(19)20)12(26)23-9(5-31)14(28)22-8(4-11(18)25)13(27)24-10(6-32)15(29)30/h7-10,31-32H,1-6,17H2,(H2,18,25)(H,22,28)(H,23,26)(H,24,27)(H,29,30)(H4,19,20,21). The van der Waals surface area contributed by atoms with Crippen molar-refractivity contribution in [2.75, 3.05) is 18.1 Å². The monoisotopic (exact) mass is 494 g/mol. The third-order valence-corrected chi connectivity index (χ3v) is 4.69. The van der Waals surface area contributed by atoms with Crippen molar-refractivity contribution >= 4 is 60.8 Å². The highest BCUT2D eigenvalue weighted by atomic mass is 32.1. The van der Waals surface area contributed by atoms with Crippen molar-refractivity contribution in [3.05, 3.63) is 0 Å². The molecule has 14 nitrogen and oxygen atoms in total.